The van der Waals surface area contributed by atoms with Crippen molar-refractivity contribution in [3.05, 3.63) is 23.8 Å². The minimum Gasteiger partial charge on any atom is -0.266 e. The molecule has 0 spiro atoms. The van der Waals surface area contributed by atoms with Gasteiger partial charge in [0.1, 0.15) is 0 Å². The van der Waals surface area contributed by atoms with Crippen molar-refractivity contribution in [2.75, 3.05) is 12.9 Å². The highest BCUT2D eigenvalue weighted by Crippen LogP contribution is 2.47. The first-order valence-corrected chi connectivity index (χ1v) is 9.29. The van der Waals surface area contributed by atoms with Crippen LogP contribution in [0.15, 0.2) is 23.8 Å². The second kappa shape index (κ2) is 6.02. The molecule has 0 heterocycles. The average Bonchev–Trinajstić information content (AvgIpc) is 2.35. The molecule has 20 heavy (non-hydrogen) atoms. The molecule has 0 aromatic rings. The van der Waals surface area contributed by atoms with E-state index < -0.39 is 10.1 Å². The molecule has 0 saturated heterocycles. The van der Waals surface area contributed by atoms with E-state index in [2.05, 4.69) is 26.5 Å². The van der Waals surface area contributed by atoms with Crippen LogP contribution in [0.3, 0.4) is 0 Å². The summed E-state index contributed by atoms with van der Waals surface area (Å²) in [6, 6.07) is 0. The van der Waals surface area contributed by atoms with Crippen LogP contribution in [-0.2, 0) is 14.3 Å². The molecule has 4 heteroatoms. The fraction of sp³-hybridized carbons (Fsp3) is 0.750. The van der Waals surface area contributed by atoms with Crippen LogP contribution in [0, 0.1) is 23.7 Å². The van der Waals surface area contributed by atoms with Crippen LogP contribution < -0.4 is 0 Å². The molecule has 2 aliphatic carbocycles. The maximum absolute atomic E-state index is 11.1. The van der Waals surface area contributed by atoms with Crippen LogP contribution in [0.1, 0.15) is 39.5 Å². The van der Waals surface area contributed by atoms with Gasteiger partial charge < -0.3 is 0 Å². The van der Waals surface area contributed by atoms with Gasteiger partial charge in [-0.05, 0) is 61.9 Å². The average molecular weight is 298 g/mol. The second-order valence-corrected chi connectivity index (χ2v) is 8.22. The van der Waals surface area contributed by atoms with Gasteiger partial charge in [0.25, 0.3) is 10.1 Å². The van der Waals surface area contributed by atoms with Crippen LogP contribution >= 0.6 is 0 Å². The summed E-state index contributed by atoms with van der Waals surface area (Å²) in [4.78, 5) is 0. The fourth-order valence-corrected chi connectivity index (χ4v) is 4.18. The highest BCUT2D eigenvalue weighted by molar-refractivity contribution is 7.85. The number of hydrogen-bond acceptors (Lipinski definition) is 3. The lowest BCUT2D eigenvalue weighted by Crippen LogP contribution is -2.36. The molecule has 0 aromatic carbocycles. The zero-order chi connectivity index (χ0) is 14.9. The van der Waals surface area contributed by atoms with Crippen molar-refractivity contribution in [2.24, 2.45) is 23.7 Å². The van der Waals surface area contributed by atoms with E-state index in [1.807, 2.05) is 0 Å². The van der Waals surface area contributed by atoms with Crippen LogP contribution in [0.2, 0.25) is 0 Å². The predicted octanol–water partition coefficient (Wildman–Crippen LogP) is 3.54. The predicted molar refractivity (Wildman–Crippen MR) is 81.8 cm³/mol. The molecule has 0 N–H and O–H groups in total. The molecule has 4 atom stereocenters. The first-order valence-electron chi connectivity index (χ1n) is 7.47. The van der Waals surface area contributed by atoms with E-state index in [0.29, 0.717) is 17.8 Å². The fourth-order valence-electron chi connectivity index (χ4n) is 3.82. The minimum absolute atomic E-state index is 0.133. The Morgan fingerprint density at radius 3 is 2.75 bits per heavy atom. The van der Waals surface area contributed by atoms with Crippen molar-refractivity contribution >= 4 is 10.1 Å². The Morgan fingerprint density at radius 1 is 1.40 bits per heavy atom. The smallest absolute Gasteiger partial charge is 0.264 e. The van der Waals surface area contributed by atoms with E-state index in [1.54, 1.807) is 0 Å². The Kier molecular flexibility index (Phi) is 4.75. The second-order valence-electron chi connectivity index (χ2n) is 6.58. The molecule has 3 nitrogen and oxygen atoms in total. The summed E-state index contributed by atoms with van der Waals surface area (Å²) >= 11 is 0. The van der Waals surface area contributed by atoms with E-state index in [9.17, 15) is 8.42 Å². The Morgan fingerprint density at radius 2 is 2.10 bits per heavy atom. The van der Waals surface area contributed by atoms with Crippen LogP contribution in [0.25, 0.3) is 0 Å². The zero-order valence-corrected chi connectivity index (χ0v) is 13.6. The molecule has 1 fully saturated rings. The number of allylic oxidation sites excluding steroid dienone is 2. The van der Waals surface area contributed by atoms with E-state index in [-0.39, 0.29) is 6.61 Å². The molecule has 0 amide bonds. The molecule has 0 radical (unpaired) electrons. The molecule has 1 saturated carbocycles. The van der Waals surface area contributed by atoms with E-state index >= 15 is 0 Å². The first-order chi connectivity index (χ1) is 9.28. The van der Waals surface area contributed by atoms with Gasteiger partial charge in [-0.1, -0.05) is 25.2 Å². The highest BCUT2D eigenvalue weighted by atomic mass is 32.2. The first kappa shape index (κ1) is 15.8. The largest absolute Gasteiger partial charge is 0.266 e. The number of rotatable bonds is 4. The van der Waals surface area contributed by atoms with E-state index in [4.69, 9.17) is 4.18 Å². The van der Waals surface area contributed by atoms with E-state index in [0.717, 1.165) is 24.2 Å². The van der Waals surface area contributed by atoms with Gasteiger partial charge in [0.15, 0.2) is 0 Å². The molecule has 2 aliphatic rings. The lowest BCUT2D eigenvalue weighted by atomic mass is 9.61. The normalized spacial score (nSPS) is 34.2. The number of fused-ring (bicyclic) bond motifs is 1. The third kappa shape index (κ3) is 3.73. The summed E-state index contributed by atoms with van der Waals surface area (Å²) in [5.41, 5.74) is 2.39. The minimum atomic E-state index is -3.38. The molecule has 0 bridgehead atoms. The molecular formula is C16H26O3S. The molecular weight excluding hydrogens is 272 g/mol. The molecule has 114 valence electrons. The maximum atomic E-state index is 11.1. The van der Waals surface area contributed by atoms with Gasteiger partial charge in [-0.2, -0.15) is 8.42 Å². The molecule has 2 rings (SSSR count). The van der Waals surface area contributed by atoms with Gasteiger partial charge in [0.2, 0.25) is 0 Å². The zero-order valence-electron chi connectivity index (χ0n) is 12.8. The standard InChI is InChI=1S/C16H26O3S/c1-11-5-7-14-12(2)6-8-15(16(14)9-11)13(3)10-19-20(4,17)18/h9,12,14-16H,3,5-8,10H2,1-2,4H3/t12-,14+,15+,16+/m1/s1. The van der Waals surface area contributed by atoms with Crippen LogP contribution in [0.5, 0.6) is 0 Å². The van der Waals surface area contributed by atoms with Crippen LogP contribution in [-0.4, -0.2) is 21.3 Å². The van der Waals surface area contributed by atoms with Crippen molar-refractivity contribution in [1.29, 1.82) is 0 Å². The van der Waals surface area contributed by atoms with Gasteiger partial charge in [-0.25, -0.2) is 0 Å². The summed E-state index contributed by atoms with van der Waals surface area (Å²) in [6.45, 7) is 8.78. The third-order valence-electron chi connectivity index (χ3n) is 4.95. The Labute approximate surface area is 123 Å². The van der Waals surface area contributed by atoms with Crippen molar-refractivity contribution in [3.63, 3.8) is 0 Å². The maximum Gasteiger partial charge on any atom is 0.264 e. The van der Waals surface area contributed by atoms with Crippen molar-refractivity contribution in [2.45, 2.75) is 39.5 Å². The Balaban J connectivity index is 2.10. The Hall–Kier alpha value is -0.610. The van der Waals surface area contributed by atoms with Crippen molar-refractivity contribution in [1.82, 2.24) is 0 Å². The van der Waals surface area contributed by atoms with Crippen molar-refractivity contribution in [3.8, 4) is 0 Å². The summed E-state index contributed by atoms with van der Waals surface area (Å²) in [7, 11) is -3.38. The summed E-state index contributed by atoms with van der Waals surface area (Å²) in [5.74, 6) is 2.35. The van der Waals surface area contributed by atoms with Gasteiger partial charge >= 0.3 is 0 Å². The van der Waals surface area contributed by atoms with E-state index in [1.165, 1.54) is 24.8 Å². The quantitative estimate of drug-likeness (QED) is 0.589. The third-order valence-corrected chi connectivity index (χ3v) is 5.50. The summed E-state index contributed by atoms with van der Waals surface area (Å²) in [6.07, 6.45) is 8.25. The number of hydrogen-bond donors (Lipinski definition) is 0. The lowest BCUT2D eigenvalue weighted by Gasteiger charge is -2.44. The highest BCUT2D eigenvalue weighted by Gasteiger charge is 2.38. The molecule has 0 aliphatic heterocycles. The van der Waals surface area contributed by atoms with Crippen molar-refractivity contribution < 1.29 is 12.6 Å². The summed E-state index contributed by atoms with van der Waals surface area (Å²) in [5, 5.41) is 0. The van der Waals surface area contributed by atoms with Gasteiger partial charge in [0, 0.05) is 0 Å². The van der Waals surface area contributed by atoms with Gasteiger partial charge in [-0.3, -0.25) is 4.18 Å². The topological polar surface area (TPSA) is 43.4 Å². The Bertz CT molecular complexity index is 504. The monoisotopic (exact) mass is 298 g/mol. The van der Waals surface area contributed by atoms with Gasteiger partial charge in [0.05, 0.1) is 12.9 Å². The summed E-state index contributed by atoms with van der Waals surface area (Å²) < 4.78 is 27.2. The van der Waals surface area contributed by atoms with Crippen LogP contribution in [0.4, 0.5) is 0 Å². The molecule has 0 unspecified atom stereocenters. The lowest BCUT2D eigenvalue weighted by molar-refractivity contribution is 0.129. The van der Waals surface area contributed by atoms with Gasteiger partial charge in [-0.15, -0.1) is 0 Å². The molecule has 0 aromatic heterocycles. The SMILES string of the molecule is C=C(COS(C)(=O)=O)[C@@H]1CC[C@@H](C)[C@@H]2CCC(C)=C[C@@H]21.